The maximum absolute atomic E-state index is 12.4. The number of primary amides is 1. The van der Waals surface area contributed by atoms with Gasteiger partial charge >= 0.3 is 0 Å². The number of hydrogen-bond donors (Lipinski definition) is 2. The number of aromatic nitrogens is 1. The fourth-order valence-electron chi connectivity index (χ4n) is 3.49. The molecule has 2 unspecified atom stereocenters. The van der Waals surface area contributed by atoms with Crippen molar-refractivity contribution >= 4 is 11.8 Å². The average molecular weight is 319 g/mol. The molecule has 1 saturated carbocycles. The average Bonchev–Trinajstić information content (AvgIpc) is 2.55. The van der Waals surface area contributed by atoms with Crippen LogP contribution in [0.2, 0.25) is 0 Å². The number of ether oxygens (including phenoxy) is 1. The number of rotatable bonds is 7. The van der Waals surface area contributed by atoms with Crippen molar-refractivity contribution in [1.29, 1.82) is 0 Å². The van der Waals surface area contributed by atoms with E-state index < -0.39 is 5.91 Å². The number of carbonyl (C=O) groups excluding carboxylic acids is 2. The minimum absolute atomic E-state index is 0.0150. The van der Waals surface area contributed by atoms with Crippen molar-refractivity contribution in [3.63, 3.8) is 0 Å². The summed E-state index contributed by atoms with van der Waals surface area (Å²) in [5.41, 5.74) is 5.74. The van der Waals surface area contributed by atoms with Gasteiger partial charge in [0.25, 0.3) is 5.91 Å². The van der Waals surface area contributed by atoms with E-state index in [0.717, 1.165) is 19.3 Å². The van der Waals surface area contributed by atoms with E-state index >= 15 is 0 Å². The third kappa shape index (κ3) is 3.22. The fraction of sp³-hybridized carbons (Fsp3) is 0.588. The highest BCUT2D eigenvalue weighted by Crippen LogP contribution is 2.48. The van der Waals surface area contributed by atoms with Crippen molar-refractivity contribution in [3.05, 3.63) is 29.6 Å². The number of hydrogen-bond acceptors (Lipinski definition) is 4. The van der Waals surface area contributed by atoms with E-state index in [4.69, 9.17) is 10.5 Å². The smallest absolute Gasteiger partial charge is 0.270 e. The number of nitrogens with zero attached hydrogens (tertiary/aromatic N) is 1. The van der Waals surface area contributed by atoms with Gasteiger partial charge in [0.2, 0.25) is 5.91 Å². The van der Waals surface area contributed by atoms with E-state index in [2.05, 4.69) is 24.1 Å². The lowest BCUT2D eigenvalue weighted by molar-refractivity contribution is -0.134. The highest BCUT2D eigenvalue weighted by atomic mass is 16.5. The van der Waals surface area contributed by atoms with Crippen LogP contribution in [0, 0.1) is 5.41 Å². The van der Waals surface area contributed by atoms with Crippen molar-refractivity contribution in [2.45, 2.75) is 52.2 Å². The highest BCUT2D eigenvalue weighted by molar-refractivity contribution is 5.95. The van der Waals surface area contributed by atoms with Crippen molar-refractivity contribution in [2.75, 3.05) is 6.61 Å². The Bertz CT molecular complexity index is 567. The summed E-state index contributed by atoms with van der Waals surface area (Å²) in [5.74, 6) is -0.786. The molecule has 1 fully saturated rings. The fourth-order valence-corrected chi connectivity index (χ4v) is 3.49. The SMILES string of the molecule is CCOC1CC(NC(=O)c2ccc(C(N)=O)cn2)C1(CC)CC. The molecule has 1 aromatic heterocycles. The number of nitrogens with two attached hydrogens (primary N) is 1. The molecule has 1 aliphatic rings. The van der Waals surface area contributed by atoms with Crippen LogP contribution in [-0.2, 0) is 4.74 Å². The zero-order valence-electron chi connectivity index (χ0n) is 14.0. The summed E-state index contributed by atoms with van der Waals surface area (Å²) in [6, 6.07) is 3.12. The van der Waals surface area contributed by atoms with Gasteiger partial charge in [-0.3, -0.25) is 14.6 Å². The maximum Gasteiger partial charge on any atom is 0.270 e. The van der Waals surface area contributed by atoms with E-state index in [0.29, 0.717) is 6.61 Å². The molecule has 23 heavy (non-hydrogen) atoms. The van der Waals surface area contributed by atoms with Gasteiger partial charge in [-0.15, -0.1) is 0 Å². The molecule has 0 bridgehead atoms. The first-order chi connectivity index (χ1) is 11.0. The molecule has 126 valence electrons. The second-order valence-electron chi connectivity index (χ2n) is 5.94. The zero-order chi connectivity index (χ0) is 17.0. The predicted molar refractivity (Wildman–Crippen MR) is 87.1 cm³/mol. The normalized spacial score (nSPS) is 22.2. The Hall–Kier alpha value is -1.95. The van der Waals surface area contributed by atoms with Crippen LogP contribution in [0.25, 0.3) is 0 Å². The zero-order valence-corrected chi connectivity index (χ0v) is 14.0. The first kappa shape index (κ1) is 17.4. The Morgan fingerprint density at radius 3 is 2.52 bits per heavy atom. The molecule has 3 N–H and O–H groups in total. The lowest BCUT2D eigenvalue weighted by Crippen LogP contribution is -2.64. The molecule has 6 nitrogen and oxygen atoms in total. The van der Waals surface area contributed by atoms with Gasteiger partial charge in [0, 0.05) is 24.3 Å². The summed E-state index contributed by atoms with van der Waals surface area (Å²) in [5, 5.41) is 3.06. The van der Waals surface area contributed by atoms with Gasteiger partial charge in [0.05, 0.1) is 11.7 Å². The minimum atomic E-state index is -0.556. The Morgan fingerprint density at radius 1 is 1.35 bits per heavy atom. The molecular formula is C17H25N3O3. The minimum Gasteiger partial charge on any atom is -0.378 e. The number of nitrogens with one attached hydrogen (secondary N) is 1. The van der Waals surface area contributed by atoms with Gasteiger partial charge in [0.1, 0.15) is 5.69 Å². The molecule has 0 aromatic carbocycles. The van der Waals surface area contributed by atoms with Crippen molar-refractivity contribution < 1.29 is 14.3 Å². The highest BCUT2D eigenvalue weighted by Gasteiger charge is 2.53. The molecule has 2 rings (SSSR count). The molecule has 0 saturated heterocycles. The molecule has 0 radical (unpaired) electrons. The molecule has 1 heterocycles. The molecule has 0 spiro atoms. The van der Waals surface area contributed by atoms with Crippen LogP contribution in [0.4, 0.5) is 0 Å². The van der Waals surface area contributed by atoms with Crippen LogP contribution in [0.1, 0.15) is 60.9 Å². The quantitative estimate of drug-likeness (QED) is 0.802. The van der Waals surface area contributed by atoms with Crippen LogP contribution >= 0.6 is 0 Å². The first-order valence-electron chi connectivity index (χ1n) is 8.16. The van der Waals surface area contributed by atoms with Crippen LogP contribution in [-0.4, -0.2) is 35.6 Å². The summed E-state index contributed by atoms with van der Waals surface area (Å²) in [4.78, 5) is 27.4. The van der Waals surface area contributed by atoms with Crippen LogP contribution in [0.5, 0.6) is 0 Å². The third-order valence-electron chi connectivity index (χ3n) is 5.06. The Labute approximate surface area is 136 Å². The standard InChI is InChI=1S/C17H25N3O3/c1-4-17(5-2)13(9-14(17)23-6-3)20-16(22)12-8-7-11(10-19-12)15(18)21/h7-8,10,13-14H,4-6,9H2,1-3H3,(H2,18,21)(H,20,22). The summed E-state index contributed by atoms with van der Waals surface area (Å²) in [6.07, 6.45) is 4.24. The van der Waals surface area contributed by atoms with Gasteiger partial charge in [-0.25, -0.2) is 0 Å². The van der Waals surface area contributed by atoms with Gasteiger partial charge < -0.3 is 15.8 Å². The van der Waals surface area contributed by atoms with Crippen LogP contribution < -0.4 is 11.1 Å². The van der Waals surface area contributed by atoms with Gasteiger partial charge in [0.15, 0.2) is 0 Å². The van der Waals surface area contributed by atoms with Crippen LogP contribution in [0.3, 0.4) is 0 Å². The van der Waals surface area contributed by atoms with E-state index in [1.807, 2.05) is 6.92 Å². The van der Waals surface area contributed by atoms with Gasteiger partial charge in [-0.1, -0.05) is 13.8 Å². The third-order valence-corrected chi connectivity index (χ3v) is 5.06. The largest absolute Gasteiger partial charge is 0.378 e. The topological polar surface area (TPSA) is 94.3 Å². The number of amides is 2. The van der Waals surface area contributed by atoms with E-state index in [-0.39, 0.29) is 34.7 Å². The van der Waals surface area contributed by atoms with Crippen molar-refractivity contribution in [3.8, 4) is 0 Å². The van der Waals surface area contributed by atoms with E-state index in [1.54, 1.807) is 0 Å². The second-order valence-corrected chi connectivity index (χ2v) is 5.94. The summed E-state index contributed by atoms with van der Waals surface area (Å²) < 4.78 is 5.82. The van der Waals surface area contributed by atoms with Crippen LogP contribution in [0.15, 0.2) is 18.3 Å². The van der Waals surface area contributed by atoms with Crippen molar-refractivity contribution in [2.24, 2.45) is 11.1 Å². The summed E-state index contributed by atoms with van der Waals surface area (Å²) in [6.45, 7) is 6.94. The van der Waals surface area contributed by atoms with Gasteiger partial charge in [-0.05, 0) is 38.3 Å². The lowest BCUT2D eigenvalue weighted by Gasteiger charge is -2.55. The summed E-state index contributed by atoms with van der Waals surface area (Å²) >= 11 is 0. The molecule has 6 heteroatoms. The molecule has 2 atom stereocenters. The first-order valence-corrected chi connectivity index (χ1v) is 8.16. The monoisotopic (exact) mass is 319 g/mol. The Morgan fingerprint density at radius 2 is 2.04 bits per heavy atom. The maximum atomic E-state index is 12.4. The van der Waals surface area contributed by atoms with E-state index in [9.17, 15) is 9.59 Å². The Kier molecular flexibility index (Phi) is 5.36. The van der Waals surface area contributed by atoms with E-state index in [1.165, 1.54) is 18.3 Å². The lowest BCUT2D eigenvalue weighted by atomic mass is 9.58. The number of pyridine rings is 1. The summed E-state index contributed by atoms with van der Waals surface area (Å²) in [7, 11) is 0. The molecule has 1 aromatic rings. The molecular weight excluding hydrogens is 294 g/mol. The molecule has 0 aliphatic heterocycles. The van der Waals surface area contributed by atoms with Crippen molar-refractivity contribution in [1.82, 2.24) is 10.3 Å². The number of carbonyl (C=O) groups is 2. The molecule has 2 amide bonds. The van der Waals surface area contributed by atoms with Gasteiger partial charge in [-0.2, -0.15) is 0 Å². The Balaban J connectivity index is 2.06. The molecule has 1 aliphatic carbocycles. The predicted octanol–water partition coefficient (Wildman–Crippen LogP) is 1.89. The second kappa shape index (κ2) is 7.08.